The summed E-state index contributed by atoms with van der Waals surface area (Å²) in [6.45, 7) is 5.06. The lowest BCUT2D eigenvalue weighted by molar-refractivity contribution is 0.417. The minimum Gasteiger partial charge on any atom is -0.365 e. The van der Waals surface area contributed by atoms with Gasteiger partial charge in [-0.1, -0.05) is 6.07 Å². The number of hydrogen-bond donors (Lipinski definition) is 1. The fourth-order valence-corrected chi connectivity index (χ4v) is 2.43. The molecule has 1 saturated heterocycles. The molecule has 0 aliphatic carbocycles. The molecule has 1 aromatic rings. The molecule has 1 aliphatic heterocycles. The Morgan fingerprint density at radius 3 is 2.81 bits per heavy atom. The first kappa shape index (κ1) is 11.4. The second kappa shape index (κ2) is 4.86. The number of nitrogens with zero attached hydrogens (tertiary/aromatic N) is 2. The van der Waals surface area contributed by atoms with Crippen LogP contribution in [0.5, 0.6) is 0 Å². The third-order valence-electron chi connectivity index (χ3n) is 2.95. The topological polar surface area (TPSA) is 39.1 Å². The molecule has 1 heterocycles. The Labute approximate surface area is 104 Å². The van der Waals surface area contributed by atoms with Crippen molar-refractivity contribution in [3.05, 3.63) is 28.2 Å². The Bertz CT molecular complexity index is 421. The van der Waals surface area contributed by atoms with Crippen molar-refractivity contribution < 1.29 is 0 Å². The Morgan fingerprint density at radius 1 is 1.56 bits per heavy atom. The first-order valence-electron chi connectivity index (χ1n) is 5.44. The van der Waals surface area contributed by atoms with Crippen LogP contribution >= 0.6 is 15.9 Å². The lowest BCUT2D eigenvalue weighted by Gasteiger charge is -2.39. The zero-order chi connectivity index (χ0) is 11.5. The third kappa shape index (κ3) is 1.93. The van der Waals surface area contributed by atoms with E-state index in [1.807, 2.05) is 18.2 Å². The van der Waals surface area contributed by atoms with Crippen molar-refractivity contribution in [3.8, 4) is 6.07 Å². The molecule has 1 aromatic carbocycles. The molecule has 0 aromatic heterocycles. The van der Waals surface area contributed by atoms with Gasteiger partial charge in [0.1, 0.15) is 6.07 Å². The number of nitriles is 1. The van der Waals surface area contributed by atoms with Gasteiger partial charge >= 0.3 is 0 Å². The maximum atomic E-state index is 9.19. The monoisotopic (exact) mass is 279 g/mol. The summed E-state index contributed by atoms with van der Waals surface area (Å²) >= 11 is 3.43. The molecule has 1 N–H and O–H groups in total. The van der Waals surface area contributed by atoms with Gasteiger partial charge in [-0.15, -0.1) is 0 Å². The van der Waals surface area contributed by atoms with Crippen LogP contribution in [0.3, 0.4) is 0 Å². The molecule has 0 radical (unpaired) electrons. The number of nitrogens with one attached hydrogen (secondary N) is 1. The molecule has 4 heteroatoms. The van der Waals surface area contributed by atoms with E-state index in [0.29, 0.717) is 6.04 Å². The average Bonchev–Trinajstić information content (AvgIpc) is 2.22. The summed E-state index contributed by atoms with van der Waals surface area (Å²) < 4.78 is 0.873. The Kier molecular flexibility index (Phi) is 3.47. The quantitative estimate of drug-likeness (QED) is 0.921. The normalized spacial score (nSPS) is 15.3. The van der Waals surface area contributed by atoms with E-state index in [2.05, 4.69) is 39.1 Å². The van der Waals surface area contributed by atoms with Crippen LogP contribution < -0.4 is 10.2 Å². The molecular weight excluding hydrogens is 266 g/mol. The molecule has 2 rings (SSSR count). The van der Waals surface area contributed by atoms with Crippen molar-refractivity contribution in [3.63, 3.8) is 0 Å². The fraction of sp³-hybridized carbons (Fsp3) is 0.417. The highest BCUT2D eigenvalue weighted by molar-refractivity contribution is 9.10. The average molecular weight is 280 g/mol. The number of likely N-dealkylation sites (N-methyl/N-ethyl adjacent to an activating group) is 1. The highest BCUT2D eigenvalue weighted by atomic mass is 79.9. The van der Waals surface area contributed by atoms with Crippen LogP contribution in [0.15, 0.2) is 22.7 Å². The number of hydrogen-bond acceptors (Lipinski definition) is 3. The van der Waals surface area contributed by atoms with E-state index in [4.69, 9.17) is 0 Å². The maximum absolute atomic E-state index is 9.19. The fourth-order valence-electron chi connectivity index (χ4n) is 1.98. The van der Waals surface area contributed by atoms with Gasteiger partial charge in [0.2, 0.25) is 0 Å². The SMILES string of the molecule is CCN(c1cccc(Br)c1C#N)C1CNC1. The van der Waals surface area contributed by atoms with Gasteiger partial charge < -0.3 is 10.2 Å². The molecule has 0 saturated carbocycles. The molecule has 16 heavy (non-hydrogen) atoms. The summed E-state index contributed by atoms with van der Waals surface area (Å²) in [7, 11) is 0. The number of anilines is 1. The predicted octanol–water partition coefficient (Wildman–Crippen LogP) is 2.12. The lowest BCUT2D eigenvalue weighted by atomic mass is 10.1. The van der Waals surface area contributed by atoms with E-state index in [-0.39, 0.29) is 0 Å². The van der Waals surface area contributed by atoms with E-state index >= 15 is 0 Å². The van der Waals surface area contributed by atoms with Crippen LogP contribution in [0.4, 0.5) is 5.69 Å². The first-order valence-corrected chi connectivity index (χ1v) is 6.23. The highest BCUT2D eigenvalue weighted by Gasteiger charge is 2.25. The van der Waals surface area contributed by atoms with Crippen LogP contribution in [0, 0.1) is 11.3 Å². The van der Waals surface area contributed by atoms with Crippen LogP contribution in [0.1, 0.15) is 12.5 Å². The van der Waals surface area contributed by atoms with E-state index < -0.39 is 0 Å². The summed E-state index contributed by atoms with van der Waals surface area (Å²) in [5, 5.41) is 12.5. The largest absolute Gasteiger partial charge is 0.365 e. The molecule has 3 nitrogen and oxygen atoms in total. The molecule has 1 fully saturated rings. The van der Waals surface area contributed by atoms with Crippen LogP contribution in [0.2, 0.25) is 0 Å². The molecule has 0 bridgehead atoms. The van der Waals surface area contributed by atoms with Crippen LogP contribution in [-0.4, -0.2) is 25.7 Å². The number of benzene rings is 1. The van der Waals surface area contributed by atoms with Gasteiger partial charge in [-0.2, -0.15) is 5.26 Å². The number of rotatable bonds is 3. The Balaban J connectivity index is 2.37. The van der Waals surface area contributed by atoms with E-state index in [1.165, 1.54) is 0 Å². The summed E-state index contributed by atoms with van der Waals surface area (Å²) in [5.74, 6) is 0. The van der Waals surface area contributed by atoms with Crippen LogP contribution in [0.25, 0.3) is 0 Å². The van der Waals surface area contributed by atoms with Crippen molar-refractivity contribution in [2.24, 2.45) is 0 Å². The van der Waals surface area contributed by atoms with Crippen LogP contribution in [-0.2, 0) is 0 Å². The van der Waals surface area contributed by atoms with Crippen molar-refractivity contribution >= 4 is 21.6 Å². The zero-order valence-corrected chi connectivity index (χ0v) is 10.8. The van der Waals surface area contributed by atoms with Crippen molar-refractivity contribution in [2.75, 3.05) is 24.5 Å². The second-order valence-electron chi connectivity index (χ2n) is 3.84. The Morgan fingerprint density at radius 2 is 2.31 bits per heavy atom. The smallest absolute Gasteiger partial charge is 0.103 e. The van der Waals surface area contributed by atoms with Crippen molar-refractivity contribution in [1.82, 2.24) is 5.32 Å². The van der Waals surface area contributed by atoms with Gasteiger partial charge in [0, 0.05) is 24.1 Å². The number of halogens is 1. The van der Waals surface area contributed by atoms with Gasteiger partial charge in [0.15, 0.2) is 0 Å². The minimum absolute atomic E-state index is 0.520. The van der Waals surface area contributed by atoms with Gasteiger partial charge in [-0.25, -0.2) is 0 Å². The van der Waals surface area contributed by atoms with Gasteiger partial charge in [0.05, 0.1) is 17.3 Å². The van der Waals surface area contributed by atoms with Crippen molar-refractivity contribution in [1.29, 1.82) is 5.26 Å². The van der Waals surface area contributed by atoms with E-state index in [0.717, 1.165) is 35.4 Å². The summed E-state index contributed by atoms with van der Waals surface area (Å²) in [4.78, 5) is 2.29. The predicted molar refractivity (Wildman–Crippen MR) is 68.5 cm³/mol. The van der Waals surface area contributed by atoms with Gasteiger partial charge in [0.25, 0.3) is 0 Å². The first-order chi connectivity index (χ1) is 7.77. The van der Waals surface area contributed by atoms with Gasteiger partial charge in [-0.3, -0.25) is 0 Å². The van der Waals surface area contributed by atoms with Crippen molar-refractivity contribution in [2.45, 2.75) is 13.0 Å². The molecule has 0 spiro atoms. The van der Waals surface area contributed by atoms with Gasteiger partial charge in [-0.05, 0) is 35.0 Å². The third-order valence-corrected chi connectivity index (χ3v) is 3.62. The molecule has 84 valence electrons. The summed E-state index contributed by atoms with van der Waals surface area (Å²) in [5.41, 5.74) is 1.77. The molecule has 0 atom stereocenters. The summed E-state index contributed by atoms with van der Waals surface area (Å²) in [6.07, 6.45) is 0. The molecular formula is C12H14BrN3. The molecule has 1 aliphatic rings. The highest BCUT2D eigenvalue weighted by Crippen LogP contribution is 2.28. The lowest BCUT2D eigenvalue weighted by Crippen LogP contribution is -2.57. The maximum Gasteiger partial charge on any atom is 0.103 e. The second-order valence-corrected chi connectivity index (χ2v) is 4.70. The minimum atomic E-state index is 0.520. The zero-order valence-electron chi connectivity index (χ0n) is 9.20. The summed E-state index contributed by atoms with van der Waals surface area (Å²) in [6, 6.07) is 8.70. The molecule has 0 unspecified atom stereocenters. The standard InChI is InChI=1S/C12H14BrN3/c1-2-16(9-7-15-8-9)12-5-3-4-11(13)10(12)6-14/h3-5,9,15H,2,7-8H2,1H3. The van der Waals surface area contributed by atoms with E-state index in [9.17, 15) is 5.26 Å². The Hall–Kier alpha value is -1.05. The van der Waals surface area contributed by atoms with E-state index in [1.54, 1.807) is 0 Å². The molecule has 0 amide bonds.